The molecule has 1 aromatic carbocycles. The van der Waals surface area contributed by atoms with E-state index < -0.39 is 0 Å². The third kappa shape index (κ3) is 2.59. The van der Waals surface area contributed by atoms with Crippen LogP contribution in [0.25, 0.3) is 0 Å². The van der Waals surface area contributed by atoms with Crippen LogP contribution >= 0.6 is 0 Å². The second kappa shape index (κ2) is 5.61. The van der Waals surface area contributed by atoms with Crippen molar-refractivity contribution in [3.63, 3.8) is 0 Å². The molecule has 0 spiro atoms. The first-order chi connectivity index (χ1) is 9.11. The first kappa shape index (κ1) is 13.9. The third-order valence-corrected chi connectivity index (χ3v) is 3.91. The Hall–Kier alpha value is -1.55. The predicted molar refractivity (Wildman–Crippen MR) is 73.3 cm³/mol. The van der Waals surface area contributed by atoms with Crippen LogP contribution in [0, 0.1) is 5.92 Å². The molecule has 0 bridgehead atoms. The van der Waals surface area contributed by atoms with E-state index in [1.807, 2.05) is 31.2 Å². The molecule has 1 N–H and O–H groups in total. The topological polar surface area (TPSA) is 47.6 Å². The van der Waals surface area contributed by atoms with Crippen molar-refractivity contribution in [3.8, 4) is 5.75 Å². The van der Waals surface area contributed by atoms with Crippen molar-refractivity contribution in [1.29, 1.82) is 0 Å². The Labute approximate surface area is 114 Å². The molecule has 1 aliphatic rings. The molecule has 1 heterocycles. The molecular weight excluding hydrogens is 242 g/mol. The number of ether oxygens (including phenoxy) is 2. The molecular formula is C15H21NO3. The van der Waals surface area contributed by atoms with Gasteiger partial charge in [0.15, 0.2) is 0 Å². The third-order valence-electron chi connectivity index (χ3n) is 3.91. The van der Waals surface area contributed by atoms with Gasteiger partial charge in [-0.05, 0) is 24.6 Å². The lowest BCUT2D eigenvalue weighted by Gasteiger charge is -2.29. The molecule has 1 fully saturated rings. The van der Waals surface area contributed by atoms with Crippen LogP contribution in [-0.4, -0.2) is 32.8 Å². The van der Waals surface area contributed by atoms with Gasteiger partial charge in [0.1, 0.15) is 5.75 Å². The summed E-state index contributed by atoms with van der Waals surface area (Å²) >= 11 is 0. The van der Waals surface area contributed by atoms with Crippen LogP contribution in [0.1, 0.15) is 19.4 Å². The maximum atomic E-state index is 12.1. The minimum absolute atomic E-state index is 0.127. The summed E-state index contributed by atoms with van der Waals surface area (Å²) in [6.07, 6.45) is 0. The predicted octanol–water partition coefficient (Wildman–Crippen LogP) is 1.74. The van der Waals surface area contributed by atoms with Crippen molar-refractivity contribution in [1.82, 2.24) is 5.32 Å². The van der Waals surface area contributed by atoms with Gasteiger partial charge in [-0.1, -0.05) is 19.1 Å². The number of hydrogen-bond donors (Lipinski definition) is 1. The number of methoxy groups -OCH3 is 1. The molecule has 2 atom stereocenters. The Bertz CT molecular complexity index is 460. The lowest BCUT2D eigenvalue weighted by molar-refractivity contribution is -0.149. The molecule has 0 aliphatic carbocycles. The van der Waals surface area contributed by atoms with E-state index in [4.69, 9.17) is 9.47 Å². The van der Waals surface area contributed by atoms with E-state index in [0.29, 0.717) is 13.2 Å². The number of esters is 1. The fourth-order valence-electron chi connectivity index (χ4n) is 2.69. The molecule has 0 radical (unpaired) electrons. The highest BCUT2D eigenvalue weighted by molar-refractivity contribution is 5.75. The highest BCUT2D eigenvalue weighted by Crippen LogP contribution is 2.37. The molecule has 1 aromatic rings. The minimum atomic E-state index is -0.249. The molecule has 4 nitrogen and oxygen atoms in total. The van der Waals surface area contributed by atoms with E-state index in [1.54, 1.807) is 7.11 Å². The normalized spacial score (nSPS) is 26.2. The monoisotopic (exact) mass is 263 g/mol. The van der Waals surface area contributed by atoms with Gasteiger partial charge in [0.05, 0.1) is 19.6 Å². The van der Waals surface area contributed by atoms with Crippen LogP contribution in [0.15, 0.2) is 24.3 Å². The van der Waals surface area contributed by atoms with Crippen molar-refractivity contribution < 1.29 is 14.3 Å². The van der Waals surface area contributed by atoms with Crippen LogP contribution in [0.4, 0.5) is 0 Å². The maximum Gasteiger partial charge on any atom is 0.311 e. The molecule has 0 saturated carbocycles. The fraction of sp³-hybridized carbons (Fsp3) is 0.533. The lowest BCUT2D eigenvalue weighted by atomic mass is 9.74. The molecule has 2 unspecified atom stereocenters. The van der Waals surface area contributed by atoms with Crippen molar-refractivity contribution in [3.05, 3.63) is 29.8 Å². The molecule has 1 aliphatic heterocycles. The molecule has 0 aromatic heterocycles. The number of carbonyl (C=O) groups is 1. The Morgan fingerprint density at radius 1 is 1.53 bits per heavy atom. The molecule has 2 rings (SSSR count). The van der Waals surface area contributed by atoms with Crippen molar-refractivity contribution >= 4 is 5.97 Å². The van der Waals surface area contributed by atoms with Crippen LogP contribution in [0.3, 0.4) is 0 Å². The first-order valence-corrected chi connectivity index (χ1v) is 6.63. The van der Waals surface area contributed by atoms with E-state index >= 15 is 0 Å². The number of rotatable bonds is 4. The summed E-state index contributed by atoms with van der Waals surface area (Å²) in [5.74, 6) is 0.533. The Morgan fingerprint density at radius 2 is 2.32 bits per heavy atom. The SMILES string of the molecule is CCOC(=O)C1CNCC1(C)c1cccc(OC)c1. The standard InChI is InChI=1S/C15H21NO3/c1-4-19-14(17)13-9-16-10-15(13,2)11-6-5-7-12(8-11)18-3/h5-8,13,16H,4,9-10H2,1-3H3. The summed E-state index contributed by atoms with van der Waals surface area (Å²) in [5.41, 5.74) is 0.857. The second-order valence-electron chi connectivity index (χ2n) is 5.08. The van der Waals surface area contributed by atoms with Gasteiger partial charge in [-0.3, -0.25) is 4.79 Å². The van der Waals surface area contributed by atoms with E-state index in [1.165, 1.54) is 0 Å². The van der Waals surface area contributed by atoms with Crippen LogP contribution in [-0.2, 0) is 14.9 Å². The van der Waals surface area contributed by atoms with Crippen molar-refractivity contribution in [2.45, 2.75) is 19.3 Å². The Kier molecular flexibility index (Phi) is 4.10. The van der Waals surface area contributed by atoms with Gasteiger partial charge >= 0.3 is 5.97 Å². The van der Waals surface area contributed by atoms with E-state index in [0.717, 1.165) is 17.9 Å². The van der Waals surface area contributed by atoms with E-state index in [-0.39, 0.29) is 17.3 Å². The van der Waals surface area contributed by atoms with Gasteiger partial charge in [-0.25, -0.2) is 0 Å². The van der Waals surface area contributed by atoms with Gasteiger partial charge in [-0.2, -0.15) is 0 Å². The summed E-state index contributed by atoms with van der Waals surface area (Å²) in [7, 11) is 1.65. The molecule has 104 valence electrons. The van der Waals surface area contributed by atoms with Crippen molar-refractivity contribution in [2.24, 2.45) is 5.92 Å². The first-order valence-electron chi connectivity index (χ1n) is 6.63. The highest BCUT2D eigenvalue weighted by Gasteiger charge is 2.45. The Balaban J connectivity index is 2.31. The van der Waals surface area contributed by atoms with Crippen LogP contribution < -0.4 is 10.1 Å². The fourth-order valence-corrected chi connectivity index (χ4v) is 2.69. The highest BCUT2D eigenvalue weighted by atomic mass is 16.5. The van der Waals surface area contributed by atoms with Gasteiger partial charge in [0, 0.05) is 18.5 Å². The second-order valence-corrected chi connectivity index (χ2v) is 5.08. The summed E-state index contributed by atoms with van der Waals surface area (Å²) in [5, 5.41) is 3.30. The zero-order valence-corrected chi connectivity index (χ0v) is 11.7. The lowest BCUT2D eigenvalue weighted by Crippen LogP contribution is -2.37. The zero-order chi connectivity index (χ0) is 13.9. The van der Waals surface area contributed by atoms with Crippen LogP contribution in [0.5, 0.6) is 5.75 Å². The number of benzene rings is 1. The average Bonchev–Trinajstić information content (AvgIpc) is 2.82. The quantitative estimate of drug-likeness (QED) is 0.841. The summed E-state index contributed by atoms with van der Waals surface area (Å²) < 4.78 is 10.5. The molecule has 0 amide bonds. The number of nitrogens with one attached hydrogen (secondary N) is 1. The molecule has 19 heavy (non-hydrogen) atoms. The summed E-state index contributed by atoms with van der Waals surface area (Å²) in [6, 6.07) is 7.91. The zero-order valence-electron chi connectivity index (χ0n) is 11.7. The van der Waals surface area contributed by atoms with Crippen molar-refractivity contribution in [2.75, 3.05) is 26.8 Å². The van der Waals surface area contributed by atoms with E-state index in [9.17, 15) is 4.79 Å². The van der Waals surface area contributed by atoms with Gasteiger partial charge in [0.25, 0.3) is 0 Å². The minimum Gasteiger partial charge on any atom is -0.497 e. The van der Waals surface area contributed by atoms with Gasteiger partial charge < -0.3 is 14.8 Å². The Morgan fingerprint density at radius 3 is 3.00 bits per heavy atom. The number of hydrogen-bond acceptors (Lipinski definition) is 4. The largest absolute Gasteiger partial charge is 0.497 e. The number of carbonyl (C=O) groups excluding carboxylic acids is 1. The van der Waals surface area contributed by atoms with Gasteiger partial charge in [-0.15, -0.1) is 0 Å². The summed E-state index contributed by atoms with van der Waals surface area (Å²) in [6.45, 7) is 5.78. The summed E-state index contributed by atoms with van der Waals surface area (Å²) in [4.78, 5) is 12.1. The smallest absolute Gasteiger partial charge is 0.311 e. The van der Waals surface area contributed by atoms with E-state index in [2.05, 4.69) is 12.2 Å². The maximum absolute atomic E-state index is 12.1. The average molecular weight is 263 g/mol. The molecule has 1 saturated heterocycles. The molecule has 4 heteroatoms. The van der Waals surface area contributed by atoms with Crippen LogP contribution in [0.2, 0.25) is 0 Å². The van der Waals surface area contributed by atoms with Gasteiger partial charge in [0.2, 0.25) is 0 Å².